The van der Waals surface area contributed by atoms with Gasteiger partial charge in [-0.05, 0) is 49.9 Å². The van der Waals surface area contributed by atoms with Crippen LogP contribution in [0.25, 0.3) is 0 Å². The van der Waals surface area contributed by atoms with Crippen LogP contribution in [0.1, 0.15) is 42.6 Å². The number of carbonyl (C=O) groups excluding carboxylic acids is 1. The van der Waals surface area contributed by atoms with Gasteiger partial charge in [-0.1, -0.05) is 28.9 Å². The average molecular weight is 340 g/mol. The van der Waals surface area contributed by atoms with Gasteiger partial charge in [-0.2, -0.15) is 0 Å². The molecular formula is C16H22BrNO2. The molecule has 1 aliphatic rings. The normalized spacial score (nSPS) is 23.6. The van der Waals surface area contributed by atoms with Gasteiger partial charge in [0.25, 0.3) is 0 Å². The Morgan fingerprint density at radius 3 is 2.80 bits per heavy atom. The summed E-state index contributed by atoms with van der Waals surface area (Å²) in [5.74, 6) is 0.531. The summed E-state index contributed by atoms with van der Waals surface area (Å²) in [6.45, 7) is 6.70. The molecule has 3 nitrogen and oxygen atoms in total. The zero-order valence-electron chi connectivity index (χ0n) is 12.4. The fourth-order valence-corrected chi connectivity index (χ4v) is 3.33. The van der Waals surface area contributed by atoms with Gasteiger partial charge < -0.3 is 4.74 Å². The molecular weight excluding hydrogens is 318 g/mol. The zero-order valence-corrected chi connectivity index (χ0v) is 13.9. The van der Waals surface area contributed by atoms with Crippen LogP contribution in [-0.4, -0.2) is 30.6 Å². The van der Waals surface area contributed by atoms with E-state index in [0.717, 1.165) is 23.5 Å². The maximum absolute atomic E-state index is 11.5. The first-order chi connectivity index (χ1) is 9.51. The molecule has 20 heavy (non-hydrogen) atoms. The second-order valence-corrected chi connectivity index (χ2v) is 6.60. The van der Waals surface area contributed by atoms with Gasteiger partial charge >= 0.3 is 5.97 Å². The van der Waals surface area contributed by atoms with Gasteiger partial charge in [-0.15, -0.1) is 0 Å². The van der Waals surface area contributed by atoms with Gasteiger partial charge in [0.05, 0.1) is 12.7 Å². The van der Waals surface area contributed by atoms with E-state index in [1.165, 1.54) is 25.5 Å². The quantitative estimate of drug-likeness (QED) is 0.783. The third-order valence-electron chi connectivity index (χ3n) is 4.12. The van der Waals surface area contributed by atoms with Crippen LogP contribution in [0.4, 0.5) is 0 Å². The lowest BCUT2D eigenvalue weighted by molar-refractivity contribution is 0.0600. The first kappa shape index (κ1) is 15.5. The third kappa shape index (κ3) is 3.61. The standard InChI is InChI=1S/C16H22BrNO2/c1-11-6-7-18(12(2)8-11)10-14-5-4-13(9-15(14)17)16(19)20-3/h4-5,9,11-12H,6-8,10H2,1-3H3. The first-order valence-corrected chi connectivity index (χ1v) is 7.91. The summed E-state index contributed by atoms with van der Waals surface area (Å²) in [4.78, 5) is 14.0. The molecule has 0 aromatic heterocycles. The predicted octanol–water partition coefficient (Wildman–Crippen LogP) is 3.86. The summed E-state index contributed by atoms with van der Waals surface area (Å²) in [5.41, 5.74) is 1.81. The van der Waals surface area contributed by atoms with E-state index >= 15 is 0 Å². The summed E-state index contributed by atoms with van der Waals surface area (Å²) in [5, 5.41) is 0. The summed E-state index contributed by atoms with van der Waals surface area (Å²) in [6, 6.07) is 6.31. The van der Waals surface area contributed by atoms with E-state index in [0.29, 0.717) is 11.6 Å². The van der Waals surface area contributed by atoms with Crippen LogP contribution in [0.15, 0.2) is 22.7 Å². The molecule has 2 unspecified atom stereocenters. The molecule has 0 bridgehead atoms. The number of nitrogens with zero attached hydrogens (tertiary/aromatic N) is 1. The van der Waals surface area contributed by atoms with E-state index in [1.54, 1.807) is 0 Å². The molecule has 0 amide bonds. The number of methoxy groups -OCH3 is 1. The van der Waals surface area contributed by atoms with E-state index in [2.05, 4.69) is 34.7 Å². The first-order valence-electron chi connectivity index (χ1n) is 7.12. The number of hydrogen-bond donors (Lipinski definition) is 0. The van der Waals surface area contributed by atoms with Crippen LogP contribution in [-0.2, 0) is 11.3 Å². The third-order valence-corrected chi connectivity index (χ3v) is 4.86. The smallest absolute Gasteiger partial charge is 0.337 e. The second-order valence-electron chi connectivity index (χ2n) is 5.75. The van der Waals surface area contributed by atoms with Crippen molar-refractivity contribution in [1.82, 2.24) is 4.90 Å². The number of halogens is 1. The number of benzene rings is 1. The number of hydrogen-bond acceptors (Lipinski definition) is 3. The van der Waals surface area contributed by atoms with Gasteiger partial charge in [0.1, 0.15) is 0 Å². The van der Waals surface area contributed by atoms with Crippen LogP contribution >= 0.6 is 15.9 Å². The number of esters is 1. The summed E-state index contributed by atoms with van der Waals surface area (Å²) < 4.78 is 5.72. The second kappa shape index (κ2) is 6.72. The molecule has 1 fully saturated rings. The lowest BCUT2D eigenvalue weighted by Gasteiger charge is -2.36. The minimum absolute atomic E-state index is 0.294. The minimum Gasteiger partial charge on any atom is -0.465 e. The molecule has 2 rings (SSSR count). The summed E-state index contributed by atoms with van der Waals surface area (Å²) >= 11 is 3.57. The highest BCUT2D eigenvalue weighted by Gasteiger charge is 2.23. The molecule has 4 heteroatoms. The van der Waals surface area contributed by atoms with Crippen molar-refractivity contribution >= 4 is 21.9 Å². The van der Waals surface area contributed by atoms with E-state index in [9.17, 15) is 4.79 Å². The van der Waals surface area contributed by atoms with Gasteiger partial charge in [0.15, 0.2) is 0 Å². The average Bonchev–Trinajstić information content (AvgIpc) is 2.42. The van der Waals surface area contributed by atoms with E-state index in [-0.39, 0.29) is 5.97 Å². The SMILES string of the molecule is COC(=O)c1ccc(CN2CCC(C)CC2C)c(Br)c1. The fourth-order valence-electron chi connectivity index (χ4n) is 2.83. The van der Waals surface area contributed by atoms with Crippen molar-refractivity contribution in [3.8, 4) is 0 Å². The van der Waals surface area contributed by atoms with Gasteiger partial charge in [-0.3, -0.25) is 4.90 Å². The van der Waals surface area contributed by atoms with E-state index < -0.39 is 0 Å². The lowest BCUT2D eigenvalue weighted by atomic mass is 9.93. The number of likely N-dealkylation sites (tertiary alicyclic amines) is 1. The Labute approximate surface area is 129 Å². The molecule has 1 aliphatic heterocycles. The number of carbonyl (C=O) groups is 1. The number of rotatable bonds is 3. The number of piperidine rings is 1. The Morgan fingerprint density at radius 1 is 1.45 bits per heavy atom. The monoisotopic (exact) mass is 339 g/mol. The van der Waals surface area contributed by atoms with Crippen molar-refractivity contribution < 1.29 is 9.53 Å². The molecule has 1 heterocycles. The molecule has 0 spiro atoms. The van der Waals surface area contributed by atoms with Crippen molar-refractivity contribution in [3.63, 3.8) is 0 Å². The van der Waals surface area contributed by atoms with Crippen LogP contribution in [0, 0.1) is 5.92 Å². The summed E-state index contributed by atoms with van der Waals surface area (Å²) in [6.07, 6.45) is 2.53. The molecule has 0 saturated carbocycles. The maximum atomic E-state index is 11.5. The highest BCUT2D eigenvalue weighted by Crippen LogP contribution is 2.26. The van der Waals surface area contributed by atoms with Crippen molar-refractivity contribution in [2.24, 2.45) is 5.92 Å². The van der Waals surface area contributed by atoms with Crippen LogP contribution < -0.4 is 0 Å². The zero-order chi connectivity index (χ0) is 14.7. The molecule has 1 aromatic carbocycles. The highest BCUT2D eigenvalue weighted by atomic mass is 79.9. The van der Waals surface area contributed by atoms with Gasteiger partial charge in [-0.25, -0.2) is 4.79 Å². The highest BCUT2D eigenvalue weighted by molar-refractivity contribution is 9.10. The molecule has 2 atom stereocenters. The van der Waals surface area contributed by atoms with E-state index in [1.807, 2.05) is 18.2 Å². The summed E-state index contributed by atoms with van der Waals surface area (Å²) in [7, 11) is 1.40. The van der Waals surface area contributed by atoms with Crippen molar-refractivity contribution in [2.75, 3.05) is 13.7 Å². The molecule has 0 radical (unpaired) electrons. The lowest BCUT2D eigenvalue weighted by Crippen LogP contribution is -2.39. The van der Waals surface area contributed by atoms with Crippen molar-refractivity contribution in [2.45, 2.75) is 39.3 Å². The largest absolute Gasteiger partial charge is 0.465 e. The molecule has 0 aliphatic carbocycles. The Bertz CT molecular complexity index is 489. The predicted molar refractivity (Wildman–Crippen MR) is 83.8 cm³/mol. The Kier molecular flexibility index (Phi) is 5.22. The molecule has 1 aromatic rings. The van der Waals surface area contributed by atoms with Crippen molar-refractivity contribution in [1.29, 1.82) is 0 Å². The Morgan fingerprint density at radius 2 is 2.20 bits per heavy atom. The maximum Gasteiger partial charge on any atom is 0.337 e. The Balaban J connectivity index is 2.08. The molecule has 1 saturated heterocycles. The Hall–Kier alpha value is -0.870. The molecule has 110 valence electrons. The van der Waals surface area contributed by atoms with Gasteiger partial charge in [0, 0.05) is 17.1 Å². The molecule has 0 N–H and O–H groups in total. The fraction of sp³-hybridized carbons (Fsp3) is 0.562. The van der Waals surface area contributed by atoms with Crippen molar-refractivity contribution in [3.05, 3.63) is 33.8 Å². The van der Waals surface area contributed by atoms with Crippen LogP contribution in [0.5, 0.6) is 0 Å². The number of ether oxygens (including phenoxy) is 1. The van der Waals surface area contributed by atoms with E-state index in [4.69, 9.17) is 4.74 Å². The van der Waals surface area contributed by atoms with Crippen LogP contribution in [0.2, 0.25) is 0 Å². The van der Waals surface area contributed by atoms with Gasteiger partial charge in [0.2, 0.25) is 0 Å². The topological polar surface area (TPSA) is 29.5 Å². The minimum atomic E-state index is -0.294. The van der Waals surface area contributed by atoms with Crippen LogP contribution in [0.3, 0.4) is 0 Å².